The fraction of sp³-hybridized carbons (Fsp3) is 0.273. The van der Waals surface area contributed by atoms with Gasteiger partial charge in [-0.15, -0.1) is 0 Å². The summed E-state index contributed by atoms with van der Waals surface area (Å²) in [5.74, 6) is 0.622. The molecule has 1 aromatic rings. The molecule has 0 aliphatic rings. The van der Waals surface area contributed by atoms with Crippen LogP contribution < -0.4 is 16.1 Å². The molecule has 3 heteroatoms. The van der Waals surface area contributed by atoms with Crippen LogP contribution in [0, 0.1) is 6.92 Å². The van der Waals surface area contributed by atoms with Crippen LogP contribution in [-0.2, 0) is 0 Å². The number of aromatic amines is 1. The predicted molar refractivity (Wildman–Crippen MR) is 58.3 cm³/mol. The van der Waals surface area contributed by atoms with E-state index in [4.69, 9.17) is 0 Å². The minimum absolute atomic E-state index is 0.0903. The second kappa shape index (κ2) is 4.56. The Balaban J connectivity index is 3.71. The number of H-pyrrole nitrogens is 1. The smallest absolute Gasteiger partial charge is 0.258 e. The van der Waals surface area contributed by atoms with Gasteiger partial charge in [-0.25, -0.2) is 4.98 Å². The summed E-state index contributed by atoms with van der Waals surface area (Å²) >= 11 is 0. The highest BCUT2D eigenvalue weighted by atomic mass is 16.1. The molecule has 1 N–H and O–H groups in total. The third-order valence-electron chi connectivity index (χ3n) is 1.79. The molecule has 1 aromatic heterocycles. The van der Waals surface area contributed by atoms with Crippen molar-refractivity contribution in [2.45, 2.75) is 20.3 Å². The molecule has 3 nitrogen and oxygen atoms in total. The maximum absolute atomic E-state index is 11.5. The number of hydrogen-bond donors (Lipinski definition) is 1. The fourth-order valence-electron chi connectivity index (χ4n) is 1.26. The van der Waals surface area contributed by atoms with Crippen LogP contribution in [0.1, 0.15) is 19.2 Å². The van der Waals surface area contributed by atoms with E-state index < -0.39 is 0 Å². The minimum Gasteiger partial charge on any atom is -0.310 e. The molecule has 1 heterocycles. The van der Waals surface area contributed by atoms with Gasteiger partial charge in [-0.1, -0.05) is 25.7 Å². The van der Waals surface area contributed by atoms with Gasteiger partial charge in [0.2, 0.25) is 0 Å². The molecule has 74 valence electrons. The van der Waals surface area contributed by atoms with Gasteiger partial charge in [-0.2, -0.15) is 0 Å². The Hall–Kier alpha value is -1.64. The first-order valence-corrected chi connectivity index (χ1v) is 4.59. The number of nitrogens with one attached hydrogen (secondary N) is 1. The molecule has 0 aliphatic carbocycles. The zero-order chi connectivity index (χ0) is 10.6. The Labute approximate surface area is 82.5 Å². The van der Waals surface area contributed by atoms with E-state index in [0.29, 0.717) is 16.4 Å². The van der Waals surface area contributed by atoms with Crippen LogP contribution in [0.4, 0.5) is 0 Å². The van der Waals surface area contributed by atoms with E-state index in [0.717, 1.165) is 6.42 Å². The number of hydrogen-bond acceptors (Lipinski definition) is 2. The fourth-order valence-corrected chi connectivity index (χ4v) is 1.26. The van der Waals surface area contributed by atoms with E-state index in [1.165, 1.54) is 0 Å². The normalized spacial score (nSPS) is 13.3. The Kier molecular flexibility index (Phi) is 3.40. The number of aromatic nitrogens is 2. The highest BCUT2D eigenvalue weighted by molar-refractivity contribution is 5.35. The van der Waals surface area contributed by atoms with Crippen molar-refractivity contribution in [1.29, 1.82) is 0 Å². The van der Waals surface area contributed by atoms with Gasteiger partial charge in [0.05, 0.1) is 10.6 Å². The molecule has 0 spiro atoms. The highest BCUT2D eigenvalue weighted by Crippen LogP contribution is 1.73. The molecule has 0 radical (unpaired) electrons. The molecule has 0 aromatic carbocycles. The average Bonchev–Trinajstić information content (AvgIpc) is 2.11. The van der Waals surface area contributed by atoms with E-state index >= 15 is 0 Å². The first kappa shape index (κ1) is 10.4. The Morgan fingerprint density at radius 3 is 2.86 bits per heavy atom. The minimum atomic E-state index is -0.0903. The maximum Gasteiger partial charge on any atom is 0.258 e. The van der Waals surface area contributed by atoms with Crippen molar-refractivity contribution in [2.24, 2.45) is 0 Å². The van der Waals surface area contributed by atoms with Crippen LogP contribution in [0.25, 0.3) is 12.2 Å². The average molecular weight is 190 g/mol. The van der Waals surface area contributed by atoms with Crippen molar-refractivity contribution in [3.05, 3.63) is 39.4 Å². The summed E-state index contributed by atoms with van der Waals surface area (Å²) in [5.41, 5.74) is -0.0903. The van der Waals surface area contributed by atoms with E-state index in [2.05, 4.69) is 16.5 Å². The second-order valence-electron chi connectivity index (χ2n) is 2.96. The van der Waals surface area contributed by atoms with E-state index in [1.54, 1.807) is 19.1 Å². The Bertz CT molecular complexity index is 497. The molecule has 0 amide bonds. The van der Waals surface area contributed by atoms with Gasteiger partial charge >= 0.3 is 0 Å². The molecule has 1 rings (SSSR count). The lowest BCUT2D eigenvalue weighted by Gasteiger charge is -1.92. The van der Waals surface area contributed by atoms with Crippen LogP contribution in [0.5, 0.6) is 0 Å². The number of allylic oxidation sites excluding steroid dienone is 1. The lowest BCUT2D eigenvalue weighted by Crippen LogP contribution is -2.43. The summed E-state index contributed by atoms with van der Waals surface area (Å²) in [6.45, 7) is 7.34. The van der Waals surface area contributed by atoms with Crippen LogP contribution in [0.15, 0.2) is 17.4 Å². The molecular weight excluding hydrogens is 176 g/mol. The van der Waals surface area contributed by atoms with Gasteiger partial charge in [0.15, 0.2) is 0 Å². The Morgan fingerprint density at radius 1 is 1.57 bits per heavy atom. The molecule has 0 atom stereocenters. The first-order chi connectivity index (χ1) is 6.69. The standard InChI is InChI=1S/C11H14N2O/c1-4-6-9-10(7-5-2)12-8(3)13-11(9)14/h5-7H,2,4H2,1,3H3,(H,12,13,14)/b9-6+,10-7+. The first-order valence-electron chi connectivity index (χ1n) is 4.59. The van der Waals surface area contributed by atoms with E-state index in [-0.39, 0.29) is 5.56 Å². The van der Waals surface area contributed by atoms with Crippen LogP contribution in [0.3, 0.4) is 0 Å². The van der Waals surface area contributed by atoms with E-state index in [1.807, 2.05) is 13.0 Å². The van der Waals surface area contributed by atoms with Gasteiger partial charge in [0.25, 0.3) is 5.56 Å². The zero-order valence-corrected chi connectivity index (χ0v) is 8.50. The Morgan fingerprint density at radius 2 is 2.29 bits per heavy atom. The van der Waals surface area contributed by atoms with Gasteiger partial charge in [-0.3, -0.25) is 4.79 Å². The van der Waals surface area contributed by atoms with Crippen LogP contribution in [-0.4, -0.2) is 9.97 Å². The van der Waals surface area contributed by atoms with Gasteiger partial charge < -0.3 is 4.98 Å². The summed E-state index contributed by atoms with van der Waals surface area (Å²) in [6, 6.07) is 0. The number of rotatable bonds is 2. The summed E-state index contributed by atoms with van der Waals surface area (Å²) in [4.78, 5) is 18.4. The summed E-state index contributed by atoms with van der Waals surface area (Å²) < 4.78 is 0. The third kappa shape index (κ3) is 2.19. The topological polar surface area (TPSA) is 45.8 Å². The molecule has 14 heavy (non-hydrogen) atoms. The summed E-state index contributed by atoms with van der Waals surface area (Å²) in [5, 5.41) is 1.31. The van der Waals surface area contributed by atoms with Gasteiger partial charge in [-0.05, 0) is 19.4 Å². The SMILES string of the molecule is C=C/C=c1/nc(C)[nH]c(=O)/c1=C/CC. The molecular formula is C11H14N2O. The summed E-state index contributed by atoms with van der Waals surface area (Å²) in [7, 11) is 0. The van der Waals surface area contributed by atoms with Gasteiger partial charge in [0.1, 0.15) is 5.82 Å². The predicted octanol–water partition coefficient (Wildman–Crippen LogP) is 0.235. The lowest BCUT2D eigenvalue weighted by molar-refractivity contribution is 0.970. The van der Waals surface area contributed by atoms with E-state index in [9.17, 15) is 4.79 Å². The van der Waals surface area contributed by atoms with Crippen molar-refractivity contribution in [3.8, 4) is 0 Å². The molecule has 0 unspecified atom stereocenters. The molecule has 0 saturated heterocycles. The highest BCUT2D eigenvalue weighted by Gasteiger charge is 1.93. The molecule has 0 saturated carbocycles. The maximum atomic E-state index is 11.5. The summed E-state index contributed by atoms with van der Waals surface area (Å²) in [6.07, 6.45) is 6.05. The van der Waals surface area contributed by atoms with Crippen LogP contribution in [0.2, 0.25) is 0 Å². The van der Waals surface area contributed by atoms with Gasteiger partial charge in [0, 0.05) is 0 Å². The van der Waals surface area contributed by atoms with Crippen molar-refractivity contribution >= 4 is 12.2 Å². The molecule has 0 bridgehead atoms. The third-order valence-corrected chi connectivity index (χ3v) is 1.79. The number of aryl methyl sites for hydroxylation is 1. The largest absolute Gasteiger partial charge is 0.310 e. The number of nitrogens with zero attached hydrogens (tertiary/aromatic N) is 1. The molecule has 0 fully saturated rings. The zero-order valence-electron chi connectivity index (χ0n) is 8.50. The second-order valence-corrected chi connectivity index (χ2v) is 2.96. The van der Waals surface area contributed by atoms with Crippen molar-refractivity contribution in [3.63, 3.8) is 0 Å². The van der Waals surface area contributed by atoms with Crippen molar-refractivity contribution in [2.75, 3.05) is 0 Å². The van der Waals surface area contributed by atoms with Crippen LogP contribution >= 0.6 is 0 Å². The monoisotopic (exact) mass is 190 g/mol. The van der Waals surface area contributed by atoms with Crippen molar-refractivity contribution in [1.82, 2.24) is 9.97 Å². The molecule has 0 aliphatic heterocycles. The quantitative estimate of drug-likeness (QED) is 0.726. The van der Waals surface area contributed by atoms with Crippen molar-refractivity contribution < 1.29 is 0 Å². The lowest BCUT2D eigenvalue weighted by atomic mass is 10.3.